The number of hydrogen-bond acceptors (Lipinski definition) is 4. The van der Waals surface area contributed by atoms with Gasteiger partial charge in [-0.1, -0.05) is 6.07 Å². The summed E-state index contributed by atoms with van der Waals surface area (Å²) in [5.74, 6) is 0.0266. The zero-order valence-electron chi connectivity index (χ0n) is 14.6. The number of nitrogens with zero attached hydrogens (tertiary/aromatic N) is 2. The lowest BCUT2D eigenvalue weighted by atomic mass is 9.98. The van der Waals surface area contributed by atoms with Crippen LogP contribution < -0.4 is 10.1 Å². The number of benzene rings is 1. The van der Waals surface area contributed by atoms with Crippen LogP contribution in [0.4, 0.5) is 5.69 Å². The maximum Gasteiger partial charge on any atom is 0.281 e. The summed E-state index contributed by atoms with van der Waals surface area (Å²) in [7, 11) is 1.04. The smallest absolute Gasteiger partial charge is 0.281 e. The van der Waals surface area contributed by atoms with E-state index in [9.17, 15) is 13.2 Å². The minimum atomic E-state index is -3.50. The van der Waals surface area contributed by atoms with Gasteiger partial charge in [0, 0.05) is 27.2 Å². The molecule has 1 saturated heterocycles. The van der Waals surface area contributed by atoms with E-state index in [1.54, 1.807) is 13.2 Å². The highest BCUT2D eigenvalue weighted by atomic mass is 32.2. The van der Waals surface area contributed by atoms with Gasteiger partial charge in [-0.25, -0.2) is 0 Å². The highest BCUT2D eigenvalue weighted by Crippen LogP contribution is 2.27. The van der Waals surface area contributed by atoms with Crippen LogP contribution in [0.1, 0.15) is 18.4 Å². The zero-order chi connectivity index (χ0) is 17.9. The van der Waals surface area contributed by atoms with Crippen LogP contribution in [0.5, 0.6) is 5.75 Å². The normalized spacial score (nSPS) is 19.3. The first kappa shape index (κ1) is 18.7. The molecule has 1 fully saturated rings. The SMILES string of the molecule is COc1ccc(C)cc1NC(=O)[C@H]1CCCN(S(=O)(=O)N(C)C)C1. The van der Waals surface area contributed by atoms with E-state index in [0.717, 1.165) is 5.56 Å². The molecule has 1 N–H and O–H groups in total. The van der Waals surface area contributed by atoms with Crippen LogP contribution in [0.15, 0.2) is 18.2 Å². The Bertz CT molecular complexity index is 703. The molecule has 1 aliphatic rings. The minimum absolute atomic E-state index is 0.183. The van der Waals surface area contributed by atoms with Crippen molar-refractivity contribution in [1.29, 1.82) is 0 Å². The predicted molar refractivity (Wildman–Crippen MR) is 93.3 cm³/mol. The Morgan fingerprint density at radius 3 is 2.71 bits per heavy atom. The fourth-order valence-electron chi connectivity index (χ4n) is 2.75. The van der Waals surface area contributed by atoms with Gasteiger partial charge in [0.15, 0.2) is 0 Å². The Kier molecular flexibility index (Phi) is 5.84. The van der Waals surface area contributed by atoms with Crippen LogP contribution in [0, 0.1) is 12.8 Å². The standard InChI is InChI=1S/C16H25N3O4S/c1-12-7-8-15(23-4)14(10-12)17-16(20)13-6-5-9-19(11-13)24(21,22)18(2)3/h7-8,10,13H,5-6,9,11H2,1-4H3,(H,17,20)/t13-/m0/s1. The van der Waals surface area contributed by atoms with Crippen molar-refractivity contribution in [2.45, 2.75) is 19.8 Å². The molecule has 1 heterocycles. The number of anilines is 1. The van der Waals surface area contributed by atoms with Gasteiger partial charge in [-0.05, 0) is 37.5 Å². The van der Waals surface area contributed by atoms with Crippen molar-refractivity contribution in [3.05, 3.63) is 23.8 Å². The first-order valence-corrected chi connectivity index (χ1v) is 9.28. The molecule has 24 heavy (non-hydrogen) atoms. The second-order valence-corrected chi connectivity index (χ2v) is 8.32. The maximum atomic E-state index is 12.6. The molecule has 0 aliphatic carbocycles. The van der Waals surface area contributed by atoms with Gasteiger partial charge in [0.2, 0.25) is 5.91 Å². The lowest BCUT2D eigenvalue weighted by Crippen LogP contribution is -2.47. The Balaban J connectivity index is 2.12. The molecule has 7 nitrogen and oxygen atoms in total. The summed E-state index contributed by atoms with van der Waals surface area (Å²) in [6.45, 7) is 2.57. The van der Waals surface area contributed by atoms with Gasteiger partial charge in [-0.15, -0.1) is 0 Å². The predicted octanol–water partition coefficient (Wildman–Crippen LogP) is 1.46. The van der Waals surface area contributed by atoms with Crippen LogP contribution >= 0.6 is 0 Å². The maximum absolute atomic E-state index is 12.6. The quantitative estimate of drug-likeness (QED) is 0.867. The van der Waals surface area contributed by atoms with Crippen LogP contribution in [0.25, 0.3) is 0 Å². The Labute approximate surface area is 143 Å². The number of piperidine rings is 1. The van der Waals surface area contributed by atoms with E-state index in [1.807, 2.05) is 19.1 Å². The molecule has 134 valence electrons. The molecule has 0 bridgehead atoms. The van der Waals surface area contributed by atoms with Crippen molar-refractivity contribution < 1.29 is 17.9 Å². The summed E-state index contributed by atoms with van der Waals surface area (Å²) in [4.78, 5) is 12.6. The Morgan fingerprint density at radius 2 is 2.08 bits per heavy atom. The zero-order valence-corrected chi connectivity index (χ0v) is 15.4. The average Bonchev–Trinajstić information content (AvgIpc) is 2.55. The molecule has 2 rings (SSSR count). The van der Waals surface area contributed by atoms with Crippen LogP contribution in [-0.4, -0.2) is 57.2 Å². The lowest BCUT2D eigenvalue weighted by Gasteiger charge is -2.32. The number of hydrogen-bond donors (Lipinski definition) is 1. The fourth-order valence-corrected chi connectivity index (χ4v) is 3.94. The summed E-state index contributed by atoms with van der Waals surface area (Å²) < 4.78 is 32.3. The first-order valence-electron chi connectivity index (χ1n) is 7.89. The van der Waals surface area contributed by atoms with Gasteiger partial charge in [-0.2, -0.15) is 17.0 Å². The first-order chi connectivity index (χ1) is 11.3. The van der Waals surface area contributed by atoms with Gasteiger partial charge in [-0.3, -0.25) is 4.79 Å². The van der Waals surface area contributed by atoms with Gasteiger partial charge < -0.3 is 10.1 Å². The number of rotatable bonds is 5. The Morgan fingerprint density at radius 1 is 1.38 bits per heavy atom. The molecule has 0 saturated carbocycles. The molecule has 1 aromatic rings. The molecule has 0 aromatic heterocycles. The summed E-state index contributed by atoms with van der Waals surface area (Å²) in [5, 5.41) is 2.87. The number of nitrogens with one attached hydrogen (secondary N) is 1. The second-order valence-electron chi connectivity index (χ2n) is 6.18. The molecule has 0 radical (unpaired) electrons. The van der Waals surface area contributed by atoms with Gasteiger partial charge in [0.1, 0.15) is 5.75 Å². The number of aryl methyl sites for hydroxylation is 1. The van der Waals surface area contributed by atoms with Gasteiger partial charge >= 0.3 is 0 Å². The van der Waals surface area contributed by atoms with E-state index < -0.39 is 10.2 Å². The molecule has 1 amide bonds. The molecule has 1 aliphatic heterocycles. The van der Waals surface area contributed by atoms with Gasteiger partial charge in [0.25, 0.3) is 10.2 Å². The fraction of sp³-hybridized carbons (Fsp3) is 0.562. The second kappa shape index (κ2) is 7.50. The van der Waals surface area contributed by atoms with E-state index in [4.69, 9.17) is 4.74 Å². The third-order valence-electron chi connectivity index (χ3n) is 4.16. The van der Waals surface area contributed by atoms with E-state index in [2.05, 4.69) is 5.32 Å². The van der Waals surface area contributed by atoms with Crippen LogP contribution in [-0.2, 0) is 15.0 Å². The van der Waals surface area contributed by atoms with Crippen molar-refractivity contribution in [3.8, 4) is 5.75 Å². The Hall–Kier alpha value is -1.64. The monoisotopic (exact) mass is 355 g/mol. The third-order valence-corrected chi connectivity index (χ3v) is 6.06. The molecular weight excluding hydrogens is 330 g/mol. The number of ether oxygens (including phenoxy) is 1. The average molecular weight is 355 g/mol. The molecule has 1 aromatic carbocycles. The number of methoxy groups -OCH3 is 1. The molecular formula is C16H25N3O4S. The molecule has 1 atom stereocenters. The van der Waals surface area contributed by atoms with Gasteiger partial charge in [0.05, 0.1) is 18.7 Å². The van der Waals surface area contributed by atoms with Crippen LogP contribution in [0.2, 0.25) is 0 Å². The number of amides is 1. The summed E-state index contributed by atoms with van der Waals surface area (Å²) in [6.07, 6.45) is 1.33. The van der Waals surface area contributed by atoms with E-state index >= 15 is 0 Å². The molecule has 8 heteroatoms. The summed E-state index contributed by atoms with van der Waals surface area (Å²) in [5.41, 5.74) is 1.61. The van der Waals surface area contributed by atoms with Crippen molar-refractivity contribution in [3.63, 3.8) is 0 Å². The van der Waals surface area contributed by atoms with E-state index in [1.165, 1.54) is 22.7 Å². The molecule has 0 spiro atoms. The lowest BCUT2D eigenvalue weighted by molar-refractivity contribution is -0.120. The van der Waals surface area contributed by atoms with E-state index in [-0.39, 0.29) is 18.4 Å². The number of carbonyl (C=O) groups excluding carboxylic acids is 1. The van der Waals surface area contributed by atoms with Crippen molar-refractivity contribution in [2.24, 2.45) is 5.92 Å². The highest BCUT2D eigenvalue weighted by Gasteiger charge is 2.33. The number of carbonyl (C=O) groups is 1. The highest BCUT2D eigenvalue weighted by molar-refractivity contribution is 7.86. The van der Waals surface area contributed by atoms with Crippen molar-refractivity contribution in [2.75, 3.05) is 39.6 Å². The largest absolute Gasteiger partial charge is 0.495 e. The summed E-state index contributed by atoms with van der Waals surface area (Å²) >= 11 is 0. The van der Waals surface area contributed by atoms with E-state index in [0.29, 0.717) is 30.8 Å². The molecule has 0 unspecified atom stereocenters. The van der Waals surface area contributed by atoms with Crippen molar-refractivity contribution >= 4 is 21.8 Å². The minimum Gasteiger partial charge on any atom is -0.495 e. The van der Waals surface area contributed by atoms with Crippen LogP contribution in [0.3, 0.4) is 0 Å². The summed E-state index contributed by atoms with van der Waals surface area (Å²) in [6, 6.07) is 5.54. The van der Waals surface area contributed by atoms with Crippen molar-refractivity contribution in [1.82, 2.24) is 8.61 Å². The third kappa shape index (κ3) is 4.06. The topological polar surface area (TPSA) is 79.0 Å².